The van der Waals surface area contributed by atoms with Gasteiger partial charge in [-0.25, -0.2) is 4.79 Å². The molecule has 0 spiro atoms. The van der Waals surface area contributed by atoms with Crippen molar-refractivity contribution in [2.24, 2.45) is 0 Å². The maximum absolute atomic E-state index is 12.1. The Morgan fingerprint density at radius 3 is 2.22 bits per heavy atom. The summed E-state index contributed by atoms with van der Waals surface area (Å²) in [7, 11) is 1.10. The van der Waals surface area contributed by atoms with E-state index in [1.165, 1.54) is 36.4 Å². The monoisotopic (exact) mass is 317 g/mol. The summed E-state index contributed by atoms with van der Waals surface area (Å²) in [5.74, 6) is -1.03. The molecule has 0 aromatic heterocycles. The van der Waals surface area contributed by atoms with Crippen molar-refractivity contribution in [1.82, 2.24) is 0 Å². The number of aliphatic hydroxyl groups is 2. The van der Waals surface area contributed by atoms with Gasteiger partial charge in [0.2, 0.25) is 5.60 Å². The van der Waals surface area contributed by atoms with Crippen molar-refractivity contribution in [3.63, 3.8) is 0 Å². The third-order valence-electron chi connectivity index (χ3n) is 3.53. The van der Waals surface area contributed by atoms with Crippen LogP contribution in [0.4, 0.5) is 5.69 Å². The van der Waals surface area contributed by atoms with E-state index in [1.54, 1.807) is 18.2 Å². The van der Waals surface area contributed by atoms with E-state index < -0.39 is 22.6 Å². The Morgan fingerprint density at radius 1 is 1.17 bits per heavy atom. The number of esters is 1. The average molecular weight is 317 g/mol. The SMILES string of the molecule is COC(=O)C(O)(c1ccccc1)C(O)c1ccc([N+](=O)[O-])cc1. The Hall–Kier alpha value is -2.77. The molecule has 2 unspecified atom stereocenters. The molecule has 2 aromatic rings. The minimum Gasteiger partial charge on any atom is -0.467 e. The van der Waals surface area contributed by atoms with E-state index in [-0.39, 0.29) is 16.8 Å². The third kappa shape index (κ3) is 3.05. The highest BCUT2D eigenvalue weighted by molar-refractivity contribution is 5.82. The lowest BCUT2D eigenvalue weighted by molar-refractivity contribution is -0.384. The van der Waals surface area contributed by atoms with Gasteiger partial charge in [-0.15, -0.1) is 0 Å². The van der Waals surface area contributed by atoms with Gasteiger partial charge in [0.15, 0.2) is 0 Å². The predicted molar refractivity (Wildman–Crippen MR) is 80.4 cm³/mol. The minimum atomic E-state index is -2.33. The standard InChI is InChI=1S/C16H15NO6/c1-23-15(19)16(20,12-5-3-2-4-6-12)14(18)11-7-9-13(10-8-11)17(21)22/h2-10,14,18,20H,1H3. The Bertz CT molecular complexity index is 700. The fourth-order valence-corrected chi connectivity index (χ4v) is 2.25. The molecule has 7 nitrogen and oxygen atoms in total. The number of aliphatic hydroxyl groups excluding tert-OH is 1. The first-order valence-corrected chi connectivity index (χ1v) is 6.70. The molecule has 0 amide bonds. The molecule has 2 N–H and O–H groups in total. The number of non-ortho nitro benzene ring substituents is 1. The summed E-state index contributed by atoms with van der Waals surface area (Å²) < 4.78 is 4.62. The van der Waals surface area contributed by atoms with Gasteiger partial charge in [-0.2, -0.15) is 0 Å². The van der Waals surface area contributed by atoms with Crippen LogP contribution in [0.5, 0.6) is 0 Å². The van der Waals surface area contributed by atoms with E-state index in [0.29, 0.717) is 0 Å². The van der Waals surface area contributed by atoms with Crippen LogP contribution in [0.1, 0.15) is 17.2 Å². The second-order valence-electron chi connectivity index (χ2n) is 4.88. The van der Waals surface area contributed by atoms with E-state index in [4.69, 9.17) is 0 Å². The second kappa shape index (κ2) is 6.55. The highest BCUT2D eigenvalue weighted by atomic mass is 16.6. The van der Waals surface area contributed by atoms with Gasteiger partial charge in [-0.1, -0.05) is 30.3 Å². The number of hydrogen-bond acceptors (Lipinski definition) is 6. The number of nitrogens with zero attached hydrogens (tertiary/aromatic N) is 1. The summed E-state index contributed by atoms with van der Waals surface area (Å²) in [5, 5.41) is 32.0. The Labute approximate surface area is 131 Å². The molecular weight excluding hydrogens is 302 g/mol. The number of nitro groups is 1. The number of carbonyl (C=O) groups excluding carboxylic acids is 1. The number of hydrogen-bond donors (Lipinski definition) is 2. The summed E-state index contributed by atoms with van der Waals surface area (Å²) in [5.41, 5.74) is -2.20. The molecule has 2 rings (SSSR count). The van der Waals surface area contributed by atoms with Crippen molar-refractivity contribution < 1.29 is 24.7 Å². The van der Waals surface area contributed by atoms with E-state index in [2.05, 4.69) is 4.74 Å². The summed E-state index contributed by atoms with van der Waals surface area (Å²) in [4.78, 5) is 22.2. The maximum Gasteiger partial charge on any atom is 0.345 e. The number of benzene rings is 2. The molecule has 0 aliphatic heterocycles. The number of ether oxygens (including phenoxy) is 1. The summed E-state index contributed by atoms with van der Waals surface area (Å²) in [6, 6.07) is 12.8. The average Bonchev–Trinajstić information content (AvgIpc) is 2.60. The van der Waals surface area contributed by atoms with Crippen LogP contribution in [0.25, 0.3) is 0 Å². The molecule has 0 aliphatic rings. The van der Waals surface area contributed by atoms with Crippen LogP contribution in [-0.4, -0.2) is 28.2 Å². The van der Waals surface area contributed by atoms with Crippen LogP contribution in [0.2, 0.25) is 0 Å². The number of nitro benzene ring substituents is 1. The van der Waals surface area contributed by atoms with Gasteiger partial charge < -0.3 is 14.9 Å². The number of carbonyl (C=O) groups is 1. The fraction of sp³-hybridized carbons (Fsp3) is 0.188. The van der Waals surface area contributed by atoms with Crippen molar-refractivity contribution in [2.75, 3.05) is 7.11 Å². The minimum absolute atomic E-state index is 0.146. The quantitative estimate of drug-likeness (QED) is 0.493. The van der Waals surface area contributed by atoms with Gasteiger partial charge in [0, 0.05) is 12.1 Å². The van der Waals surface area contributed by atoms with Gasteiger partial charge in [-0.05, 0) is 23.3 Å². The van der Waals surface area contributed by atoms with Crippen LogP contribution in [0.15, 0.2) is 54.6 Å². The number of rotatable bonds is 5. The van der Waals surface area contributed by atoms with Crippen molar-refractivity contribution in [1.29, 1.82) is 0 Å². The molecule has 0 saturated heterocycles. The first-order valence-electron chi connectivity index (χ1n) is 6.70. The molecule has 0 bridgehead atoms. The Balaban J connectivity index is 2.47. The maximum atomic E-state index is 12.1. The Morgan fingerprint density at radius 2 is 1.74 bits per heavy atom. The number of methoxy groups -OCH3 is 1. The van der Waals surface area contributed by atoms with E-state index in [9.17, 15) is 25.1 Å². The van der Waals surface area contributed by atoms with Crippen LogP contribution < -0.4 is 0 Å². The normalized spacial score (nSPS) is 14.6. The molecule has 0 aliphatic carbocycles. The lowest BCUT2D eigenvalue weighted by Crippen LogP contribution is -2.42. The third-order valence-corrected chi connectivity index (χ3v) is 3.53. The van der Waals surface area contributed by atoms with Gasteiger partial charge in [0.25, 0.3) is 5.69 Å². The predicted octanol–water partition coefficient (Wildman–Crippen LogP) is 1.69. The molecule has 0 heterocycles. The molecule has 120 valence electrons. The van der Waals surface area contributed by atoms with Gasteiger partial charge in [-0.3, -0.25) is 10.1 Å². The van der Waals surface area contributed by atoms with E-state index in [0.717, 1.165) is 7.11 Å². The molecule has 23 heavy (non-hydrogen) atoms. The highest BCUT2D eigenvalue weighted by Gasteiger charge is 2.47. The first-order chi connectivity index (χ1) is 10.9. The molecule has 2 atom stereocenters. The Kier molecular flexibility index (Phi) is 4.73. The first kappa shape index (κ1) is 16.6. The lowest BCUT2D eigenvalue weighted by atomic mass is 9.84. The zero-order valence-electron chi connectivity index (χ0n) is 12.2. The van der Waals surface area contributed by atoms with Crippen molar-refractivity contribution in [3.05, 3.63) is 75.8 Å². The lowest BCUT2D eigenvalue weighted by Gasteiger charge is -2.30. The van der Waals surface area contributed by atoms with E-state index in [1.807, 2.05) is 0 Å². The summed E-state index contributed by atoms with van der Waals surface area (Å²) in [6.45, 7) is 0. The second-order valence-corrected chi connectivity index (χ2v) is 4.88. The van der Waals surface area contributed by atoms with Crippen LogP contribution >= 0.6 is 0 Å². The zero-order chi connectivity index (χ0) is 17.0. The molecular formula is C16H15NO6. The molecule has 7 heteroatoms. The molecule has 0 fully saturated rings. The van der Waals surface area contributed by atoms with Gasteiger partial charge in [0.1, 0.15) is 6.10 Å². The summed E-state index contributed by atoms with van der Waals surface area (Å²) >= 11 is 0. The topological polar surface area (TPSA) is 110 Å². The zero-order valence-corrected chi connectivity index (χ0v) is 12.2. The molecule has 0 radical (unpaired) electrons. The van der Waals surface area contributed by atoms with Gasteiger partial charge in [0.05, 0.1) is 12.0 Å². The summed E-state index contributed by atoms with van der Waals surface area (Å²) in [6.07, 6.45) is -1.65. The van der Waals surface area contributed by atoms with Crippen LogP contribution in [0.3, 0.4) is 0 Å². The van der Waals surface area contributed by atoms with Gasteiger partial charge >= 0.3 is 5.97 Å². The smallest absolute Gasteiger partial charge is 0.345 e. The van der Waals surface area contributed by atoms with Crippen molar-refractivity contribution in [3.8, 4) is 0 Å². The molecule has 2 aromatic carbocycles. The fourth-order valence-electron chi connectivity index (χ4n) is 2.25. The van der Waals surface area contributed by atoms with E-state index >= 15 is 0 Å². The van der Waals surface area contributed by atoms with Crippen LogP contribution in [0, 0.1) is 10.1 Å². The van der Waals surface area contributed by atoms with Crippen molar-refractivity contribution >= 4 is 11.7 Å². The largest absolute Gasteiger partial charge is 0.467 e. The molecule has 0 saturated carbocycles. The van der Waals surface area contributed by atoms with Crippen LogP contribution in [-0.2, 0) is 15.1 Å². The highest BCUT2D eigenvalue weighted by Crippen LogP contribution is 2.36. The van der Waals surface area contributed by atoms with Crippen molar-refractivity contribution in [2.45, 2.75) is 11.7 Å².